The molecule has 2 N–H and O–H groups in total. The highest BCUT2D eigenvalue weighted by atomic mass is 16.5. The first-order valence-corrected chi connectivity index (χ1v) is 5.31. The van der Waals surface area contributed by atoms with Crippen molar-refractivity contribution in [1.29, 1.82) is 0 Å². The molecular formula is C11H19N3O. The van der Waals surface area contributed by atoms with Gasteiger partial charge >= 0.3 is 0 Å². The number of hydrogen-bond acceptors (Lipinski definition) is 4. The number of hydrogen-bond donors (Lipinski definition) is 1. The molecule has 1 atom stereocenters. The molecule has 0 amide bonds. The maximum Gasteiger partial charge on any atom is 0.130 e. The first-order chi connectivity index (χ1) is 7.15. The van der Waals surface area contributed by atoms with Gasteiger partial charge in [0.05, 0.1) is 6.61 Å². The monoisotopic (exact) mass is 209 g/mol. The Morgan fingerprint density at radius 3 is 2.80 bits per heavy atom. The van der Waals surface area contributed by atoms with Gasteiger partial charge in [-0.25, -0.2) is 9.97 Å². The van der Waals surface area contributed by atoms with Crippen molar-refractivity contribution in [2.24, 2.45) is 5.73 Å². The molecule has 1 aromatic rings. The SMILES string of the molecule is CCOCCc1ncc([C@@H](C)N)c(C)n1. The first kappa shape index (κ1) is 12.1. The van der Waals surface area contributed by atoms with Crippen LogP contribution in [0.25, 0.3) is 0 Å². The van der Waals surface area contributed by atoms with Crippen LogP contribution >= 0.6 is 0 Å². The second-order valence-electron chi connectivity index (χ2n) is 3.56. The number of nitrogens with zero attached hydrogens (tertiary/aromatic N) is 2. The molecule has 0 radical (unpaired) electrons. The Hall–Kier alpha value is -1.00. The molecule has 0 unspecified atom stereocenters. The fourth-order valence-electron chi connectivity index (χ4n) is 1.40. The van der Waals surface area contributed by atoms with E-state index in [2.05, 4.69) is 9.97 Å². The fourth-order valence-corrected chi connectivity index (χ4v) is 1.40. The molecule has 84 valence electrons. The van der Waals surface area contributed by atoms with Crippen LogP contribution in [0.15, 0.2) is 6.20 Å². The number of rotatable bonds is 5. The van der Waals surface area contributed by atoms with Crippen molar-refractivity contribution in [3.05, 3.63) is 23.3 Å². The molecule has 1 aromatic heterocycles. The van der Waals surface area contributed by atoms with E-state index in [1.165, 1.54) is 0 Å². The van der Waals surface area contributed by atoms with E-state index in [9.17, 15) is 0 Å². The van der Waals surface area contributed by atoms with Crippen molar-refractivity contribution >= 4 is 0 Å². The van der Waals surface area contributed by atoms with Crippen molar-refractivity contribution in [2.75, 3.05) is 13.2 Å². The molecule has 0 fully saturated rings. The van der Waals surface area contributed by atoms with Crippen LogP contribution in [-0.2, 0) is 11.2 Å². The molecule has 0 saturated carbocycles. The summed E-state index contributed by atoms with van der Waals surface area (Å²) in [5, 5.41) is 0. The maximum atomic E-state index is 5.78. The highest BCUT2D eigenvalue weighted by molar-refractivity contribution is 5.19. The van der Waals surface area contributed by atoms with Gasteiger partial charge in [-0.15, -0.1) is 0 Å². The van der Waals surface area contributed by atoms with Gasteiger partial charge in [0, 0.05) is 36.5 Å². The lowest BCUT2D eigenvalue weighted by Gasteiger charge is -2.09. The highest BCUT2D eigenvalue weighted by Gasteiger charge is 2.06. The molecule has 1 rings (SSSR count). The lowest BCUT2D eigenvalue weighted by Crippen LogP contribution is -2.11. The van der Waals surface area contributed by atoms with E-state index in [4.69, 9.17) is 10.5 Å². The Morgan fingerprint density at radius 2 is 2.27 bits per heavy atom. The van der Waals surface area contributed by atoms with Crippen LogP contribution in [0.5, 0.6) is 0 Å². The minimum Gasteiger partial charge on any atom is -0.381 e. The summed E-state index contributed by atoms with van der Waals surface area (Å²) in [7, 11) is 0. The van der Waals surface area contributed by atoms with Gasteiger partial charge in [0.2, 0.25) is 0 Å². The van der Waals surface area contributed by atoms with Gasteiger partial charge in [0.15, 0.2) is 0 Å². The molecule has 0 saturated heterocycles. The number of ether oxygens (including phenoxy) is 1. The van der Waals surface area contributed by atoms with Gasteiger partial charge in [-0.2, -0.15) is 0 Å². The van der Waals surface area contributed by atoms with Crippen molar-refractivity contribution in [3.8, 4) is 0 Å². The van der Waals surface area contributed by atoms with Crippen molar-refractivity contribution in [2.45, 2.75) is 33.2 Å². The van der Waals surface area contributed by atoms with Gasteiger partial charge < -0.3 is 10.5 Å². The number of nitrogens with two attached hydrogens (primary N) is 1. The summed E-state index contributed by atoms with van der Waals surface area (Å²) in [6.07, 6.45) is 2.57. The third-order valence-corrected chi connectivity index (χ3v) is 2.23. The Labute approximate surface area is 90.9 Å². The van der Waals surface area contributed by atoms with E-state index in [0.717, 1.165) is 30.1 Å². The summed E-state index contributed by atoms with van der Waals surface area (Å²) in [6, 6.07) is -0.00839. The number of aryl methyl sites for hydroxylation is 1. The zero-order valence-electron chi connectivity index (χ0n) is 9.66. The molecule has 0 spiro atoms. The largest absolute Gasteiger partial charge is 0.381 e. The van der Waals surface area contributed by atoms with Crippen LogP contribution < -0.4 is 5.73 Å². The molecular weight excluding hydrogens is 190 g/mol. The summed E-state index contributed by atoms with van der Waals surface area (Å²) >= 11 is 0. The standard InChI is InChI=1S/C11H19N3O/c1-4-15-6-5-11-13-7-10(8(2)12)9(3)14-11/h7-8H,4-6,12H2,1-3H3/t8-/m1/s1. The lowest BCUT2D eigenvalue weighted by atomic mass is 10.1. The van der Waals surface area contributed by atoms with Gasteiger partial charge in [-0.05, 0) is 20.8 Å². The highest BCUT2D eigenvalue weighted by Crippen LogP contribution is 2.11. The molecule has 1 heterocycles. The Balaban J connectivity index is 2.65. The second-order valence-corrected chi connectivity index (χ2v) is 3.56. The number of aromatic nitrogens is 2. The van der Waals surface area contributed by atoms with Crippen LogP contribution in [0.4, 0.5) is 0 Å². The molecule has 4 nitrogen and oxygen atoms in total. The molecule has 4 heteroatoms. The van der Waals surface area contributed by atoms with Crippen molar-refractivity contribution in [1.82, 2.24) is 9.97 Å². The zero-order valence-corrected chi connectivity index (χ0v) is 9.66. The van der Waals surface area contributed by atoms with E-state index >= 15 is 0 Å². The summed E-state index contributed by atoms with van der Waals surface area (Å²) < 4.78 is 5.25. The smallest absolute Gasteiger partial charge is 0.130 e. The zero-order chi connectivity index (χ0) is 11.3. The van der Waals surface area contributed by atoms with Crippen LogP contribution in [-0.4, -0.2) is 23.2 Å². The van der Waals surface area contributed by atoms with E-state index < -0.39 is 0 Å². The van der Waals surface area contributed by atoms with Crippen molar-refractivity contribution < 1.29 is 4.74 Å². The minimum absolute atomic E-state index is 0.00839. The maximum absolute atomic E-state index is 5.78. The average Bonchev–Trinajstić information content (AvgIpc) is 2.17. The fraction of sp³-hybridized carbons (Fsp3) is 0.636. The van der Waals surface area contributed by atoms with E-state index in [1.54, 1.807) is 0 Å². The Bertz CT molecular complexity index is 313. The van der Waals surface area contributed by atoms with E-state index in [0.29, 0.717) is 6.61 Å². The van der Waals surface area contributed by atoms with Gasteiger partial charge in [0.1, 0.15) is 5.82 Å². The third kappa shape index (κ3) is 3.57. The predicted molar refractivity (Wildman–Crippen MR) is 59.6 cm³/mol. The molecule has 0 aliphatic rings. The van der Waals surface area contributed by atoms with Crippen LogP contribution in [0.1, 0.15) is 37.0 Å². The summed E-state index contributed by atoms with van der Waals surface area (Å²) in [5.74, 6) is 0.824. The molecule has 0 bridgehead atoms. The summed E-state index contributed by atoms with van der Waals surface area (Å²) in [6.45, 7) is 7.28. The molecule has 0 aromatic carbocycles. The van der Waals surface area contributed by atoms with Crippen LogP contribution in [0.2, 0.25) is 0 Å². The Kier molecular flexibility index (Phi) is 4.65. The third-order valence-electron chi connectivity index (χ3n) is 2.23. The van der Waals surface area contributed by atoms with Crippen LogP contribution in [0.3, 0.4) is 0 Å². The Morgan fingerprint density at radius 1 is 1.53 bits per heavy atom. The van der Waals surface area contributed by atoms with Gasteiger partial charge in [0.25, 0.3) is 0 Å². The molecule has 15 heavy (non-hydrogen) atoms. The van der Waals surface area contributed by atoms with Crippen LogP contribution in [0, 0.1) is 6.92 Å². The lowest BCUT2D eigenvalue weighted by molar-refractivity contribution is 0.149. The second kappa shape index (κ2) is 5.78. The molecule has 0 aliphatic carbocycles. The summed E-state index contributed by atoms with van der Waals surface area (Å²) in [5.41, 5.74) is 7.76. The van der Waals surface area contributed by atoms with E-state index in [1.807, 2.05) is 27.0 Å². The van der Waals surface area contributed by atoms with Gasteiger partial charge in [-0.3, -0.25) is 0 Å². The quantitative estimate of drug-likeness (QED) is 0.744. The van der Waals surface area contributed by atoms with E-state index in [-0.39, 0.29) is 6.04 Å². The minimum atomic E-state index is -0.00839. The van der Waals surface area contributed by atoms with Gasteiger partial charge in [-0.1, -0.05) is 0 Å². The van der Waals surface area contributed by atoms with Crippen molar-refractivity contribution in [3.63, 3.8) is 0 Å². The molecule has 0 aliphatic heterocycles. The average molecular weight is 209 g/mol. The summed E-state index contributed by atoms with van der Waals surface area (Å²) in [4.78, 5) is 8.66. The normalized spacial score (nSPS) is 12.8. The predicted octanol–water partition coefficient (Wildman–Crippen LogP) is 1.38. The topological polar surface area (TPSA) is 61.0 Å². The first-order valence-electron chi connectivity index (χ1n) is 5.31.